The maximum absolute atomic E-state index is 11.9. The van der Waals surface area contributed by atoms with E-state index in [4.69, 9.17) is 5.11 Å². The number of hydrogen-bond donors (Lipinski definition) is 3. The zero-order valence-electron chi connectivity index (χ0n) is 9.69. The van der Waals surface area contributed by atoms with E-state index in [0.717, 1.165) is 19.3 Å². The summed E-state index contributed by atoms with van der Waals surface area (Å²) in [5.74, 6) is -0.257. The SMILES string of the molecule is O=C1NC(=O)C2(CCCCC2)N1CC(O)CO. The molecule has 96 valence electrons. The standard InChI is InChI=1S/C11H18N2O4/c14-7-8(15)6-13-10(17)12-9(16)11(13)4-2-1-3-5-11/h8,14-15H,1-7H2,(H,12,16,17). The van der Waals surface area contributed by atoms with Crippen molar-refractivity contribution in [1.82, 2.24) is 10.2 Å². The molecule has 6 heteroatoms. The molecule has 1 unspecified atom stereocenters. The van der Waals surface area contributed by atoms with E-state index in [2.05, 4.69) is 5.32 Å². The quantitative estimate of drug-likeness (QED) is 0.587. The molecule has 0 aromatic heterocycles. The number of imide groups is 1. The van der Waals surface area contributed by atoms with E-state index in [9.17, 15) is 14.7 Å². The normalized spacial score (nSPS) is 25.2. The molecule has 0 bridgehead atoms. The van der Waals surface area contributed by atoms with Crippen molar-refractivity contribution >= 4 is 11.9 Å². The van der Waals surface area contributed by atoms with Gasteiger partial charge < -0.3 is 15.1 Å². The molecule has 1 spiro atoms. The van der Waals surface area contributed by atoms with Gasteiger partial charge in [0.15, 0.2) is 0 Å². The molecule has 0 aromatic carbocycles. The Hall–Kier alpha value is -1.14. The summed E-state index contributed by atoms with van der Waals surface area (Å²) >= 11 is 0. The molecule has 0 aromatic rings. The highest BCUT2D eigenvalue weighted by molar-refractivity contribution is 6.07. The minimum atomic E-state index is -0.995. The summed E-state index contributed by atoms with van der Waals surface area (Å²) < 4.78 is 0. The van der Waals surface area contributed by atoms with Crippen molar-refractivity contribution in [3.63, 3.8) is 0 Å². The van der Waals surface area contributed by atoms with Gasteiger partial charge in [0.05, 0.1) is 19.3 Å². The Bertz CT molecular complexity index is 325. The first-order valence-corrected chi connectivity index (χ1v) is 6.02. The molecule has 0 radical (unpaired) electrons. The summed E-state index contributed by atoms with van der Waals surface area (Å²) in [6.07, 6.45) is 3.18. The van der Waals surface area contributed by atoms with Crippen molar-refractivity contribution in [2.75, 3.05) is 13.2 Å². The van der Waals surface area contributed by atoms with Crippen LogP contribution in [0.2, 0.25) is 0 Å². The van der Waals surface area contributed by atoms with Crippen LogP contribution in [0.5, 0.6) is 0 Å². The Morgan fingerprint density at radius 2 is 1.94 bits per heavy atom. The van der Waals surface area contributed by atoms with Gasteiger partial charge in [-0.2, -0.15) is 0 Å². The first kappa shape index (κ1) is 12.3. The maximum atomic E-state index is 11.9. The number of hydrogen-bond acceptors (Lipinski definition) is 4. The number of aliphatic hydroxyl groups is 2. The predicted octanol–water partition coefficient (Wildman–Crippen LogP) is -0.406. The first-order valence-electron chi connectivity index (χ1n) is 6.02. The van der Waals surface area contributed by atoms with Crippen LogP contribution in [-0.4, -0.2) is 51.8 Å². The van der Waals surface area contributed by atoms with Crippen LogP contribution < -0.4 is 5.32 Å². The van der Waals surface area contributed by atoms with Crippen LogP contribution in [0.15, 0.2) is 0 Å². The monoisotopic (exact) mass is 242 g/mol. The summed E-state index contributed by atoms with van der Waals surface area (Å²) in [6.45, 7) is -0.401. The molecular weight excluding hydrogens is 224 g/mol. The van der Waals surface area contributed by atoms with E-state index in [1.54, 1.807) is 0 Å². The van der Waals surface area contributed by atoms with Crippen LogP contribution in [-0.2, 0) is 4.79 Å². The molecule has 2 fully saturated rings. The van der Waals surface area contributed by atoms with Gasteiger partial charge in [0.2, 0.25) is 0 Å². The minimum absolute atomic E-state index is 0.00801. The lowest BCUT2D eigenvalue weighted by Crippen LogP contribution is -2.53. The van der Waals surface area contributed by atoms with Gasteiger partial charge in [0.25, 0.3) is 5.91 Å². The number of rotatable bonds is 3. The average molecular weight is 242 g/mol. The Morgan fingerprint density at radius 3 is 2.53 bits per heavy atom. The van der Waals surface area contributed by atoms with Crippen LogP contribution in [0, 0.1) is 0 Å². The number of nitrogens with one attached hydrogen (secondary N) is 1. The maximum Gasteiger partial charge on any atom is 0.325 e. The van der Waals surface area contributed by atoms with E-state index < -0.39 is 24.3 Å². The van der Waals surface area contributed by atoms with E-state index in [0.29, 0.717) is 12.8 Å². The highest BCUT2D eigenvalue weighted by Gasteiger charge is 2.53. The lowest BCUT2D eigenvalue weighted by Gasteiger charge is -2.38. The number of urea groups is 1. The summed E-state index contributed by atoms with van der Waals surface area (Å²) in [6, 6.07) is -0.454. The van der Waals surface area contributed by atoms with Crippen molar-refractivity contribution in [1.29, 1.82) is 0 Å². The van der Waals surface area contributed by atoms with Gasteiger partial charge in [-0.15, -0.1) is 0 Å². The Labute approximate surface area is 99.6 Å². The molecule has 17 heavy (non-hydrogen) atoms. The molecule has 3 N–H and O–H groups in total. The molecule has 1 saturated carbocycles. The highest BCUT2D eigenvalue weighted by Crippen LogP contribution is 2.37. The molecule has 2 aliphatic rings. The van der Waals surface area contributed by atoms with Gasteiger partial charge in [-0.05, 0) is 12.8 Å². The molecule has 2 rings (SSSR count). The van der Waals surface area contributed by atoms with Gasteiger partial charge in [0, 0.05) is 0 Å². The molecule has 1 aliphatic heterocycles. The van der Waals surface area contributed by atoms with Crippen LogP contribution in [0.3, 0.4) is 0 Å². The molecule has 1 aliphatic carbocycles. The first-order chi connectivity index (χ1) is 8.10. The number of carbonyl (C=O) groups excluding carboxylic acids is 2. The van der Waals surface area contributed by atoms with Gasteiger partial charge in [-0.3, -0.25) is 10.1 Å². The van der Waals surface area contributed by atoms with Crippen LogP contribution in [0.4, 0.5) is 4.79 Å². The Balaban J connectivity index is 2.20. The zero-order valence-corrected chi connectivity index (χ0v) is 9.69. The highest BCUT2D eigenvalue weighted by atomic mass is 16.3. The van der Waals surface area contributed by atoms with Gasteiger partial charge >= 0.3 is 6.03 Å². The second-order valence-electron chi connectivity index (χ2n) is 4.80. The summed E-state index contributed by atoms with van der Waals surface area (Å²) in [7, 11) is 0. The van der Waals surface area contributed by atoms with Crippen LogP contribution in [0.1, 0.15) is 32.1 Å². The third-order valence-electron chi connectivity index (χ3n) is 3.69. The number of aliphatic hydroxyl groups excluding tert-OH is 2. The zero-order chi connectivity index (χ0) is 12.5. The van der Waals surface area contributed by atoms with E-state index in [-0.39, 0.29) is 12.5 Å². The van der Waals surface area contributed by atoms with Crippen LogP contribution >= 0.6 is 0 Å². The fraction of sp³-hybridized carbons (Fsp3) is 0.818. The van der Waals surface area contributed by atoms with Crippen molar-refractivity contribution in [2.24, 2.45) is 0 Å². The Kier molecular flexibility index (Phi) is 3.35. The molecule has 1 saturated heterocycles. The second-order valence-corrected chi connectivity index (χ2v) is 4.80. The third kappa shape index (κ3) is 2.02. The minimum Gasteiger partial charge on any atom is -0.394 e. The van der Waals surface area contributed by atoms with Gasteiger partial charge in [0.1, 0.15) is 5.54 Å². The molecule has 1 heterocycles. The van der Waals surface area contributed by atoms with Gasteiger partial charge in [-0.1, -0.05) is 19.3 Å². The van der Waals surface area contributed by atoms with Gasteiger partial charge in [-0.25, -0.2) is 4.79 Å². The number of nitrogens with zero attached hydrogens (tertiary/aromatic N) is 1. The largest absolute Gasteiger partial charge is 0.394 e. The topological polar surface area (TPSA) is 89.9 Å². The third-order valence-corrected chi connectivity index (χ3v) is 3.69. The fourth-order valence-electron chi connectivity index (χ4n) is 2.76. The van der Waals surface area contributed by atoms with Crippen molar-refractivity contribution in [2.45, 2.75) is 43.7 Å². The number of amides is 3. The fourth-order valence-corrected chi connectivity index (χ4v) is 2.76. The summed E-state index contributed by atoms with van der Waals surface area (Å²) in [4.78, 5) is 25.0. The van der Waals surface area contributed by atoms with Crippen molar-refractivity contribution in [3.8, 4) is 0 Å². The lowest BCUT2D eigenvalue weighted by atomic mass is 9.80. The second kappa shape index (κ2) is 4.62. The molecule has 6 nitrogen and oxygen atoms in total. The van der Waals surface area contributed by atoms with Crippen LogP contribution in [0.25, 0.3) is 0 Å². The molecule has 3 amide bonds. The Morgan fingerprint density at radius 1 is 1.29 bits per heavy atom. The smallest absolute Gasteiger partial charge is 0.325 e. The summed E-state index contributed by atoms with van der Waals surface area (Å²) in [5, 5.41) is 20.6. The molecular formula is C11H18N2O4. The van der Waals surface area contributed by atoms with E-state index in [1.807, 2.05) is 0 Å². The predicted molar refractivity (Wildman–Crippen MR) is 59.2 cm³/mol. The molecule has 1 atom stereocenters. The number of β-amino-alcohol motifs (C(OH)–C–C–N with tert-alkyl or cyclic N) is 1. The van der Waals surface area contributed by atoms with Crippen molar-refractivity contribution < 1.29 is 19.8 Å². The summed E-state index contributed by atoms with van der Waals surface area (Å²) in [5.41, 5.74) is -0.786. The number of carbonyl (C=O) groups is 2. The van der Waals surface area contributed by atoms with E-state index >= 15 is 0 Å². The van der Waals surface area contributed by atoms with E-state index in [1.165, 1.54) is 4.90 Å². The van der Waals surface area contributed by atoms with Crippen molar-refractivity contribution in [3.05, 3.63) is 0 Å². The lowest BCUT2D eigenvalue weighted by molar-refractivity contribution is -0.128. The average Bonchev–Trinajstić information content (AvgIpc) is 2.55.